The van der Waals surface area contributed by atoms with Gasteiger partial charge in [-0.25, -0.2) is 0 Å². The highest BCUT2D eigenvalue weighted by atomic mass is 16.5. The molecule has 0 radical (unpaired) electrons. The number of fused-ring (bicyclic) bond motifs is 1. The van der Waals surface area contributed by atoms with Gasteiger partial charge < -0.3 is 19.4 Å². The molecule has 0 saturated carbocycles. The molecule has 2 heterocycles. The first kappa shape index (κ1) is 16.5. The Morgan fingerprint density at radius 2 is 1.88 bits per heavy atom. The van der Waals surface area contributed by atoms with Crippen LogP contribution in [-0.2, 0) is 14.3 Å². The van der Waals surface area contributed by atoms with Crippen molar-refractivity contribution < 1.29 is 18.7 Å². The van der Waals surface area contributed by atoms with Crippen LogP contribution in [-0.4, -0.2) is 49.1 Å². The molecule has 2 amide bonds. The van der Waals surface area contributed by atoms with E-state index in [2.05, 4.69) is 5.32 Å². The number of nitrogens with one attached hydrogen (secondary N) is 1. The van der Waals surface area contributed by atoms with Crippen LogP contribution in [0.2, 0.25) is 0 Å². The predicted octanol–water partition coefficient (Wildman–Crippen LogP) is 1.90. The Morgan fingerprint density at radius 3 is 2.58 bits per heavy atom. The molecule has 0 spiro atoms. The summed E-state index contributed by atoms with van der Waals surface area (Å²) in [6.07, 6.45) is 0. The van der Waals surface area contributed by atoms with Gasteiger partial charge in [0.2, 0.25) is 11.8 Å². The molecule has 1 aromatic carbocycles. The summed E-state index contributed by atoms with van der Waals surface area (Å²) in [4.78, 5) is 26.5. The monoisotopic (exact) mass is 330 g/mol. The largest absolute Gasteiger partial charge is 0.460 e. The molecule has 2 aromatic rings. The molecule has 24 heavy (non-hydrogen) atoms. The first-order valence-corrected chi connectivity index (χ1v) is 8.21. The third-order valence-electron chi connectivity index (χ3n) is 4.32. The average Bonchev–Trinajstić information content (AvgIpc) is 3.05. The molecule has 6 heteroatoms. The smallest absolute Gasteiger partial charge is 0.245 e. The van der Waals surface area contributed by atoms with E-state index in [0.717, 1.165) is 11.0 Å². The minimum Gasteiger partial charge on any atom is -0.460 e. The Hall–Kier alpha value is -2.34. The van der Waals surface area contributed by atoms with Gasteiger partial charge in [0.15, 0.2) is 0 Å². The molecule has 0 bridgehead atoms. The molecule has 1 aromatic heterocycles. The second kappa shape index (κ2) is 7.05. The van der Waals surface area contributed by atoms with Gasteiger partial charge in [0.25, 0.3) is 0 Å². The predicted molar refractivity (Wildman–Crippen MR) is 89.6 cm³/mol. The molecule has 3 rings (SSSR count). The van der Waals surface area contributed by atoms with Gasteiger partial charge in [0.05, 0.1) is 19.1 Å². The lowest BCUT2D eigenvalue weighted by Crippen LogP contribution is -2.51. The number of para-hydroxylation sites is 1. The fourth-order valence-corrected chi connectivity index (χ4v) is 2.80. The van der Waals surface area contributed by atoms with Crippen molar-refractivity contribution in [1.29, 1.82) is 0 Å². The minimum atomic E-state index is -0.567. The van der Waals surface area contributed by atoms with Crippen molar-refractivity contribution in [3.8, 4) is 0 Å². The number of rotatable bonds is 4. The van der Waals surface area contributed by atoms with Crippen LogP contribution >= 0.6 is 0 Å². The molecule has 1 N–H and O–H groups in total. The summed E-state index contributed by atoms with van der Waals surface area (Å²) in [5, 5.41) is 3.75. The molecule has 1 saturated heterocycles. The molecule has 128 valence electrons. The van der Waals surface area contributed by atoms with Crippen molar-refractivity contribution in [2.45, 2.75) is 25.8 Å². The van der Waals surface area contributed by atoms with E-state index in [1.54, 1.807) is 18.7 Å². The van der Waals surface area contributed by atoms with E-state index in [1.165, 1.54) is 0 Å². The molecule has 0 unspecified atom stereocenters. The van der Waals surface area contributed by atoms with E-state index in [0.29, 0.717) is 32.1 Å². The normalized spacial score (nSPS) is 17.5. The lowest BCUT2D eigenvalue weighted by molar-refractivity contribution is -0.139. The van der Waals surface area contributed by atoms with E-state index in [-0.39, 0.29) is 11.8 Å². The lowest BCUT2D eigenvalue weighted by Gasteiger charge is -2.29. The maximum Gasteiger partial charge on any atom is 0.245 e. The Morgan fingerprint density at radius 1 is 1.17 bits per heavy atom. The summed E-state index contributed by atoms with van der Waals surface area (Å²) < 4.78 is 11.0. The van der Waals surface area contributed by atoms with Crippen molar-refractivity contribution in [1.82, 2.24) is 10.2 Å². The maximum absolute atomic E-state index is 12.5. The van der Waals surface area contributed by atoms with Gasteiger partial charge in [-0.3, -0.25) is 9.59 Å². The fourth-order valence-electron chi connectivity index (χ4n) is 2.80. The molecule has 1 aliphatic rings. The summed E-state index contributed by atoms with van der Waals surface area (Å²) in [5.74, 6) is -0.163. The van der Waals surface area contributed by atoms with Crippen molar-refractivity contribution in [3.63, 3.8) is 0 Å². The van der Waals surface area contributed by atoms with Crippen LogP contribution in [0.5, 0.6) is 0 Å². The summed E-state index contributed by atoms with van der Waals surface area (Å²) in [5.41, 5.74) is 0.754. The van der Waals surface area contributed by atoms with Crippen LogP contribution in [0.3, 0.4) is 0 Å². The van der Waals surface area contributed by atoms with E-state index in [9.17, 15) is 9.59 Å². The van der Waals surface area contributed by atoms with E-state index in [1.807, 2.05) is 30.3 Å². The second-order valence-electron chi connectivity index (χ2n) is 6.08. The number of morpholine rings is 1. The first-order valence-electron chi connectivity index (χ1n) is 8.21. The van der Waals surface area contributed by atoms with Gasteiger partial charge in [-0.2, -0.15) is 0 Å². The van der Waals surface area contributed by atoms with Crippen molar-refractivity contribution in [2.24, 2.45) is 0 Å². The maximum atomic E-state index is 12.5. The zero-order valence-corrected chi connectivity index (χ0v) is 14.0. The third-order valence-corrected chi connectivity index (χ3v) is 4.32. The molecular weight excluding hydrogens is 308 g/mol. The van der Waals surface area contributed by atoms with Crippen LogP contribution in [0, 0.1) is 0 Å². The number of benzene rings is 1. The van der Waals surface area contributed by atoms with Gasteiger partial charge in [0.1, 0.15) is 17.4 Å². The molecule has 6 nitrogen and oxygen atoms in total. The zero-order valence-electron chi connectivity index (χ0n) is 14.0. The van der Waals surface area contributed by atoms with E-state index >= 15 is 0 Å². The minimum absolute atomic E-state index is 0.0801. The molecule has 1 aliphatic heterocycles. The number of carbonyl (C=O) groups excluding carboxylic acids is 2. The Labute approximate surface area is 140 Å². The standard InChI is InChI=1S/C18H22N2O4/c1-12(16-11-14-5-3-4-6-15(14)24-16)17(21)19-13(2)18(22)20-7-9-23-10-8-20/h3-6,11-13H,7-10H2,1-2H3,(H,19,21)/t12-,13-/m0/s1. The number of amides is 2. The topological polar surface area (TPSA) is 71.8 Å². The highest BCUT2D eigenvalue weighted by Crippen LogP contribution is 2.25. The molecular formula is C18H22N2O4. The van der Waals surface area contributed by atoms with Crippen molar-refractivity contribution in [3.05, 3.63) is 36.1 Å². The van der Waals surface area contributed by atoms with Gasteiger partial charge in [-0.05, 0) is 26.0 Å². The highest BCUT2D eigenvalue weighted by molar-refractivity contribution is 5.90. The number of hydrogen-bond donors (Lipinski definition) is 1. The summed E-state index contributed by atoms with van der Waals surface area (Å²) in [6, 6.07) is 8.93. The lowest BCUT2D eigenvalue weighted by atomic mass is 10.1. The second-order valence-corrected chi connectivity index (χ2v) is 6.08. The third kappa shape index (κ3) is 3.43. The van der Waals surface area contributed by atoms with Gasteiger partial charge in [-0.15, -0.1) is 0 Å². The van der Waals surface area contributed by atoms with Crippen LogP contribution in [0.1, 0.15) is 25.5 Å². The molecule has 2 atom stereocenters. The number of carbonyl (C=O) groups is 2. The Kier molecular flexibility index (Phi) is 4.85. The van der Waals surface area contributed by atoms with E-state index < -0.39 is 12.0 Å². The summed E-state index contributed by atoms with van der Waals surface area (Å²) in [7, 11) is 0. The Bertz CT molecular complexity index is 700. The van der Waals surface area contributed by atoms with Crippen LogP contribution in [0.15, 0.2) is 34.7 Å². The quantitative estimate of drug-likeness (QED) is 0.929. The van der Waals surface area contributed by atoms with Crippen LogP contribution in [0.25, 0.3) is 11.0 Å². The van der Waals surface area contributed by atoms with Crippen LogP contribution in [0.4, 0.5) is 0 Å². The van der Waals surface area contributed by atoms with E-state index in [4.69, 9.17) is 9.15 Å². The number of hydrogen-bond acceptors (Lipinski definition) is 4. The first-order chi connectivity index (χ1) is 11.6. The van der Waals surface area contributed by atoms with Crippen molar-refractivity contribution in [2.75, 3.05) is 26.3 Å². The summed E-state index contributed by atoms with van der Waals surface area (Å²) >= 11 is 0. The molecule has 1 fully saturated rings. The van der Waals surface area contributed by atoms with Crippen molar-refractivity contribution >= 4 is 22.8 Å². The average molecular weight is 330 g/mol. The number of furan rings is 1. The van der Waals surface area contributed by atoms with Gasteiger partial charge >= 0.3 is 0 Å². The number of nitrogens with zero attached hydrogens (tertiary/aromatic N) is 1. The SMILES string of the molecule is C[C@H](NC(=O)[C@@H](C)c1cc2ccccc2o1)C(=O)N1CCOCC1. The van der Waals surface area contributed by atoms with Gasteiger partial charge in [0, 0.05) is 18.5 Å². The van der Waals surface area contributed by atoms with Crippen LogP contribution < -0.4 is 5.32 Å². The van der Waals surface area contributed by atoms with Gasteiger partial charge in [-0.1, -0.05) is 18.2 Å². The zero-order chi connectivity index (χ0) is 17.1. The fraction of sp³-hybridized carbons (Fsp3) is 0.444. The summed E-state index contributed by atoms with van der Waals surface area (Å²) in [6.45, 7) is 5.71. The molecule has 0 aliphatic carbocycles. The number of ether oxygens (including phenoxy) is 1. The highest BCUT2D eigenvalue weighted by Gasteiger charge is 2.26. The Balaban J connectivity index is 1.63.